The largest absolute Gasteiger partial charge is 0.389 e. The average Bonchev–Trinajstić information content (AvgIpc) is 2.33. The molecular formula is C13H18F2N2S. The monoisotopic (exact) mass is 272 g/mol. The van der Waals surface area contributed by atoms with E-state index in [-0.39, 0.29) is 21.8 Å². The Balaban J connectivity index is 3.15. The number of anilines is 1. The molecule has 0 amide bonds. The molecule has 2 nitrogen and oxygen atoms in total. The van der Waals surface area contributed by atoms with Crippen molar-refractivity contribution in [3.05, 3.63) is 29.3 Å². The molecule has 0 aliphatic heterocycles. The highest BCUT2D eigenvalue weighted by Crippen LogP contribution is 2.27. The predicted octanol–water partition coefficient (Wildman–Crippen LogP) is 3.59. The topological polar surface area (TPSA) is 38.0 Å². The summed E-state index contributed by atoms with van der Waals surface area (Å²) in [6.07, 6.45) is 1.53. The molecule has 0 aliphatic rings. The predicted molar refractivity (Wildman–Crippen MR) is 74.9 cm³/mol. The van der Waals surface area contributed by atoms with Crippen molar-refractivity contribution in [2.45, 2.75) is 39.2 Å². The van der Waals surface area contributed by atoms with E-state index in [1.807, 2.05) is 20.8 Å². The molecule has 5 heteroatoms. The van der Waals surface area contributed by atoms with Gasteiger partial charge in [0.15, 0.2) is 0 Å². The molecule has 0 saturated heterocycles. The van der Waals surface area contributed by atoms with Crippen LogP contribution in [0, 0.1) is 11.6 Å². The molecule has 18 heavy (non-hydrogen) atoms. The van der Waals surface area contributed by atoms with E-state index in [0.717, 1.165) is 25.0 Å². The second-order valence-corrected chi connectivity index (χ2v) is 5.01. The van der Waals surface area contributed by atoms with Crippen molar-refractivity contribution in [2.75, 3.05) is 5.32 Å². The molecular weight excluding hydrogens is 254 g/mol. The molecule has 1 rings (SSSR count). The van der Waals surface area contributed by atoms with Gasteiger partial charge in [0.05, 0.1) is 0 Å². The van der Waals surface area contributed by atoms with Gasteiger partial charge in [-0.25, -0.2) is 8.78 Å². The minimum absolute atomic E-state index is 0.0203. The van der Waals surface area contributed by atoms with E-state index < -0.39 is 11.6 Å². The summed E-state index contributed by atoms with van der Waals surface area (Å²) in [6.45, 7) is 5.86. The summed E-state index contributed by atoms with van der Waals surface area (Å²) in [5.74, 6) is -1.35. The van der Waals surface area contributed by atoms with E-state index in [4.69, 9.17) is 18.0 Å². The molecule has 0 spiro atoms. The second kappa shape index (κ2) is 5.61. The van der Waals surface area contributed by atoms with Gasteiger partial charge >= 0.3 is 0 Å². The van der Waals surface area contributed by atoms with Crippen molar-refractivity contribution >= 4 is 22.9 Å². The molecule has 0 unspecified atom stereocenters. The lowest BCUT2D eigenvalue weighted by atomic mass is 9.95. The normalized spacial score (nSPS) is 11.4. The summed E-state index contributed by atoms with van der Waals surface area (Å²) >= 11 is 4.70. The number of thiocarbonyl (C=S) groups is 1. The van der Waals surface area contributed by atoms with Gasteiger partial charge in [-0.3, -0.25) is 0 Å². The van der Waals surface area contributed by atoms with Crippen LogP contribution in [-0.4, -0.2) is 10.5 Å². The van der Waals surface area contributed by atoms with E-state index in [1.165, 1.54) is 0 Å². The Kier molecular flexibility index (Phi) is 4.62. The van der Waals surface area contributed by atoms with E-state index >= 15 is 0 Å². The van der Waals surface area contributed by atoms with Crippen LogP contribution >= 0.6 is 12.2 Å². The lowest BCUT2D eigenvalue weighted by Gasteiger charge is -2.30. The van der Waals surface area contributed by atoms with E-state index in [0.29, 0.717) is 0 Å². The number of nitrogens with one attached hydrogen (secondary N) is 1. The molecule has 100 valence electrons. The van der Waals surface area contributed by atoms with Crippen molar-refractivity contribution in [3.8, 4) is 0 Å². The van der Waals surface area contributed by atoms with Crippen LogP contribution < -0.4 is 11.1 Å². The Bertz CT molecular complexity index is 433. The lowest BCUT2D eigenvalue weighted by molar-refractivity contribution is 0.467. The summed E-state index contributed by atoms with van der Waals surface area (Å²) < 4.78 is 27.7. The first kappa shape index (κ1) is 14.8. The molecule has 1 aromatic rings. The highest BCUT2D eigenvalue weighted by Gasteiger charge is 2.23. The highest BCUT2D eigenvalue weighted by molar-refractivity contribution is 7.80. The summed E-state index contributed by atoms with van der Waals surface area (Å²) in [6, 6.07) is 2.30. The van der Waals surface area contributed by atoms with Crippen LogP contribution in [0.3, 0.4) is 0 Å². The molecule has 0 saturated carbocycles. The van der Waals surface area contributed by atoms with Crippen LogP contribution in [0.2, 0.25) is 0 Å². The molecule has 1 aromatic carbocycles. The first-order valence-electron chi connectivity index (χ1n) is 5.90. The second-order valence-electron chi connectivity index (χ2n) is 4.57. The molecule has 0 atom stereocenters. The number of halogens is 2. The third-order valence-corrected chi connectivity index (χ3v) is 3.55. The number of hydrogen-bond donors (Lipinski definition) is 2. The van der Waals surface area contributed by atoms with Gasteiger partial charge in [-0.15, -0.1) is 0 Å². The van der Waals surface area contributed by atoms with Gasteiger partial charge in [-0.1, -0.05) is 26.1 Å². The van der Waals surface area contributed by atoms with Crippen molar-refractivity contribution in [3.63, 3.8) is 0 Å². The minimum atomic E-state index is -0.675. The average molecular weight is 272 g/mol. The Hall–Kier alpha value is -1.23. The van der Waals surface area contributed by atoms with Crippen LogP contribution in [-0.2, 0) is 0 Å². The van der Waals surface area contributed by atoms with Crippen LogP contribution in [0.5, 0.6) is 0 Å². The van der Waals surface area contributed by atoms with Crippen LogP contribution in [0.25, 0.3) is 0 Å². The zero-order chi connectivity index (χ0) is 13.9. The molecule has 0 radical (unpaired) electrons. The fourth-order valence-electron chi connectivity index (χ4n) is 1.56. The lowest BCUT2D eigenvalue weighted by Crippen LogP contribution is -2.34. The summed E-state index contributed by atoms with van der Waals surface area (Å²) in [5.41, 5.74) is 5.09. The fourth-order valence-corrected chi connectivity index (χ4v) is 1.68. The van der Waals surface area contributed by atoms with Gasteiger partial charge in [-0.2, -0.15) is 0 Å². The van der Waals surface area contributed by atoms with E-state index in [1.54, 1.807) is 0 Å². The maximum Gasteiger partial charge on any atom is 0.150 e. The van der Waals surface area contributed by atoms with Gasteiger partial charge in [-0.05, 0) is 31.9 Å². The Morgan fingerprint density at radius 2 is 1.72 bits per heavy atom. The maximum atomic E-state index is 13.9. The SMILES string of the molecule is CCC(C)(CC)Nc1c(F)cc(C(N)=S)cc1F. The zero-order valence-electron chi connectivity index (χ0n) is 10.8. The van der Waals surface area contributed by atoms with Gasteiger partial charge in [0.1, 0.15) is 22.3 Å². The van der Waals surface area contributed by atoms with Crippen molar-refractivity contribution in [1.29, 1.82) is 0 Å². The first-order chi connectivity index (χ1) is 8.33. The third-order valence-electron chi connectivity index (χ3n) is 3.31. The summed E-state index contributed by atoms with van der Waals surface area (Å²) in [5, 5.41) is 2.92. The summed E-state index contributed by atoms with van der Waals surface area (Å²) in [7, 11) is 0. The molecule has 0 aliphatic carbocycles. The molecule has 0 heterocycles. The molecule has 0 fully saturated rings. The van der Waals surface area contributed by atoms with Gasteiger partial charge in [0, 0.05) is 11.1 Å². The van der Waals surface area contributed by atoms with E-state index in [9.17, 15) is 8.78 Å². The van der Waals surface area contributed by atoms with Crippen molar-refractivity contribution < 1.29 is 8.78 Å². The van der Waals surface area contributed by atoms with Crippen LogP contribution in [0.1, 0.15) is 39.2 Å². The van der Waals surface area contributed by atoms with Gasteiger partial charge in [0.25, 0.3) is 0 Å². The van der Waals surface area contributed by atoms with Gasteiger partial charge in [0.2, 0.25) is 0 Å². The Morgan fingerprint density at radius 1 is 1.28 bits per heavy atom. The fraction of sp³-hybridized carbons (Fsp3) is 0.462. The van der Waals surface area contributed by atoms with Crippen LogP contribution in [0.15, 0.2) is 12.1 Å². The quantitative estimate of drug-likeness (QED) is 0.804. The number of benzene rings is 1. The highest BCUT2D eigenvalue weighted by atomic mass is 32.1. The smallest absolute Gasteiger partial charge is 0.150 e. The van der Waals surface area contributed by atoms with Crippen LogP contribution in [0.4, 0.5) is 14.5 Å². The van der Waals surface area contributed by atoms with Crippen molar-refractivity contribution in [1.82, 2.24) is 0 Å². The summed E-state index contributed by atoms with van der Waals surface area (Å²) in [4.78, 5) is -0.0203. The standard InChI is InChI=1S/C13H18F2N2S/c1-4-13(3,5-2)17-11-9(14)6-8(12(16)18)7-10(11)15/h6-7,17H,4-5H2,1-3H3,(H2,16,18). The molecule has 3 N–H and O–H groups in total. The Labute approximate surface area is 112 Å². The number of rotatable bonds is 5. The Morgan fingerprint density at radius 3 is 2.06 bits per heavy atom. The minimum Gasteiger partial charge on any atom is -0.389 e. The van der Waals surface area contributed by atoms with Gasteiger partial charge < -0.3 is 11.1 Å². The van der Waals surface area contributed by atoms with E-state index in [2.05, 4.69) is 5.32 Å². The first-order valence-corrected chi connectivity index (χ1v) is 6.31. The maximum absolute atomic E-state index is 13.9. The number of nitrogens with two attached hydrogens (primary N) is 1. The third kappa shape index (κ3) is 3.16. The zero-order valence-corrected chi connectivity index (χ0v) is 11.6. The molecule has 0 bridgehead atoms. The van der Waals surface area contributed by atoms with Crippen molar-refractivity contribution in [2.24, 2.45) is 5.73 Å². The molecule has 0 aromatic heterocycles. The number of hydrogen-bond acceptors (Lipinski definition) is 2.